The fraction of sp³-hybridized carbons (Fsp3) is 0.324. The van der Waals surface area contributed by atoms with Crippen LogP contribution >= 0.6 is 31.9 Å². The molecule has 50 heavy (non-hydrogen) atoms. The van der Waals surface area contributed by atoms with Crippen LogP contribution in [-0.2, 0) is 34.2 Å². The second kappa shape index (κ2) is 15.5. The van der Waals surface area contributed by atoms with E-state index in [0.717, 1.165) is 31.2 Å². The van der Waals surface area contributed by atoms with Gasteiger partial charge in [-0.15, -0.1) is 0 Å². The average Bonchev–Trinajstić information content (AvgIpc) is 3.06. The number of hydrogen-bond donors (Lipinski definition) is 1. The van der Waals surface area contributed by atoms with Gasteiger partial charge in [-0.3, -0.25) is 4.72 Å². The van der Waals surface area contributed by atoms with Crippen molar-refractivity contribution < 1.29 is 36.9 Å². The van der Waals surface area contributed by atoms with Crippen LogP contribution in [0.2, 0.25) is 0 Å². The van der Waals surface area contributed by atoms with E-state index in [-0.39, 0.29) is 17.2 Å². The number of nitrogens with one attached hydrogen (secondary N) is 1. The fourth-order valence-electron chi connectivity index (χ4n) is 5.68. The summed E-state index contributed by atoms with van der Waals surface area (Å²) < 4.78 is 60.0. The molecule has 266 valence electrons. The monoisotopic (exact) mass is 830 g/mol. The molecule has 1 aliphatic rings. The highest BCUT2D eigenvalue weighted by Gasteiger charge is 2.35. The van der Waals surface area contributed by atoms with Crippen LogP contribution in [0.3, 0.4) is 0 Å². The molecule has 1 unspecified atom stereocenters. The summed E-state index contributed by atoms with van der Waals surface area (Å²) in [5, 5.41) is 0. The molecule has 0 spiro atoms. The molecule has 4 aromatic carbocycles. The first-order chi connectivity index (χ1) is 23.7. The Morgan fingerprint density at radius 2 is 1.46 bits per heavy atom. The minimum Gasteiger partial charge on any atom is -0.497 e. The number of rotatable bonds is 11. The molecule has 0 fully saturated rings. The van der Waals surface area contributed by atoms with Gasteiger partial charge in [-0.1, -0.05) is 12.1 Å². The minimum absolute atomic E-state index is 0.0528. The predicted molar refractivity (Wildman–Crippen MR) is 199 cm³/mol. The van der Waals surface area contributed by atoms with Gasteiger partial charge in [-0.2, -0.15) is 0 Å². The molecule has 1 amide bonds. The summed E-state index contributed by atoms with van der Waals surface area (Å²) in [6.07, 6.45) is 0.454. The highest BCUT2D eigenvalue weighted by atomic mass is 79.9. The third kappa shape index (κ3) is 8.85. The Morgan fingerprint density at radius 3 is 2.02 bits per heavy atom. The lowest BCUT2D eigenvalue weighted by atomic mass is 9.88. The Labute approximate surface area is 310 Å². The number of ether oxygens (including phenoxy) is 5. The SMILES string of the molecule is COc1ccc(COc2cc3c(cc2NS(=O)(=O)c2ccc(OC)cc2)C(Cc2cc(Br)c(OC)c(Br)c2)N(C(=O)OC(C)(C)C)CC3)cc1. The van der Waals surface area contributed by atoms with Crippen LogP contribution in [0.15, 0.2) is 86.6 Å². The molecule has 0 saturated carbocycles. The topological polar surface area (TPSA) is 113 Å². The van der Waals surface area contributed by atoms with Crippen molar-refractivity contribution in [2.24, 2.45) is 0 Å². The molecule has 5 rings (SSSR count). The molecular weight excluding hydrogens is 792 g/mol. The summed E-state index contributed by atoms with van der Waals surface area (Å²) in [5.41, 5.74) is 3.01. The van der Waals surface area contributed by atoms with Gasteiger partial charge in [-0.05, 0) is 148 Å². The first-order valence-corrected chi connectivity index (χ1v) is 18.9. The van der Waals surface area contributed by atoms with Crippen molar-refractivity contribution in [3.8, 4) is 23.0 Å². The number of methoxy groups -OCH3 is 3. The number of sulfonamides is 1. The van der Waals surface area contributed by atoms with E-state index in [4.69, 9.17) is 23.7 Å². The van der Waals surface area contributed by atoms with Gasteiger partial charge in [-0.25, -0.2) is 13.2 Å². The maximum Gasteiger partial charge on any atom is 0.410 e. The summed E-state index contributed by atoms with van der Waals surface area (Å²) in [5.74, 6) is 2.25. The second-order valence-electron chi connectivity index (χ2n) is 12.7. The van der Waals surface area contributed by atoms with Crippen LogP contribution in [0.5, 0.6) is 23.0 Å². The lowest BCUT2D eigenvalue weighted by Crippen LogP contribution is -2.43. The highest BCUT2D eigenvalue weighted by molar-refractivity contribution is 9.11. The standard InChI is InChI=1S/C37H40Br2N2O8S/c1-37(2,3)49-36(42)41-16-15-25-20-34(48-22-23-7-9-26(45-4)10-8-23)32(40-50(43,44)28-13-11-27(46-5)12-14-28)21-29(25)33(41)19-24-17-30(38)35(47-6)31(39)18-24/h7-14,17-18,20-21,33,40H,15-16,19,22H2,1-6H3. The first kappa shape index (κ1) is 37.3. The van der Waals surface area contributed by atoms with E-state index in [9.17, 15) is 13.2 Å². The van der Waals surface area contributed by atoms with Crippen molar-refractivity contribution in [1.82, 2.24) is 4.90 Å². The number of fused-ring (bicyclic) bond motifs is 1. The van der Waals surface area contributed by atoms with Crippen LogP contribution in [-0.4, -0.2) is 52.9 Å². The zero-order chi connectivity index (χ0) is 36.2. The van der Waals surface area contributed by atoms with E-state index in [2.05, 4.69) is 36.6 Å². The maximum absolute atomic E-state index is 13.8. The molecular formula is C37H40Br2N2O8S. The third-order valence-corrected chi connectivity index (χ3v) is 10.6. The summed E-state index contributed by atoms with van der Waals surface area (Å²) in [6.45, 7) is 6.05. The van der Waals surface area contributed by atoms with Crippen molar-refractivity contribution in [2.45, 2.75) is 56.8 Å². The van der Waals surface area contributed by atoms with Gasteiger partial charge >= 0.3 is 6.09 Å². The Balaban J connectivity index is 1.60. The van der Waals surface area contributed by atoms with Gasteiger partial charge in [0.2, 0.25) is 0 Å². The summed E-state index contributed by atoms with van der Waals surface area (Å²) in [6, 6.07) is 20.6. The number of anilines is 1. The fourth-order valence-corrected chi connectivity index (χ4v) is 8.34. The normalized spacial score (nSPS) is 14.4. The van der Waals surface area contributed by atoms with Crippen LogP contribution < -0.4 is 23.7 Å². The van der Waals surface area contributed by atoms with E-state index in [1.807, 2.05) is 63.2 Å². The van der Waals surface area contributed by atoms with E-state index in [1.165, 1.54) is 19.2 Å². The summed E-state index contributed by atoms with van der Waals surface area (Å²) >= 11 is 7.20. The number of carbonyl (C=O) groups excluding carboxylic acids is 1. The molecule has 1 atom stereocenters. The van der Waals surface area contributed by atoms with E-state index in [1.54, 1.807) is 37.3 Å². The average molecular weight is 833 g/mol. The first-order valence-electron chi connectivity index (χ1n) is 15.8. The molecule has 4 aromatic rings. The predicted octanol–water partition coefficient (Wildman–Crippen LogP) is 8.69. The number of carbonyl (C=O) groups is 1. The number of nitrogens with zero attached hydrogens (tertiary/aromatic N) is 1. The van der Waals surface area contributed by atoms with Gasteiger partial charge in [0.1, 0.15) is 35.2 Å². The Morgan fingerprint density at radius 1 is 0.860 bits per heavy atom. The summed E-state index contributed by atoms with van der Waals surface area (Å²) in [7, 11) is 0.646. The van der Waals surface area contributed by atoms with Crippen molar-refractivity contribution in [1.29, 1.82) is 0 Å². The van der Waals surface area contributed by atoms with Crippen molar-refractivity contribution in [2.75, 3.05) is 32.6 Å². The number of hydrogen-bond acceptors (Lipinski definition) is 8. The molecule has 0 bridgehead atoms. The Kier molecular flexibility index (Phi) is 11.6. The zero-order valence-electron chi connectivity index (χ0n) is 28.7. The lowest BCUT2D eigenvalue weighted by molar-refractivity contribution is 0.0141. The maximum atomic E-state index is 13.8. The van der Waals surface area contributed by atoms with Gasteiger partial charge < -0.3 is 28.6 Å². The molecule has 10 nitrogen and oxygen atoms in total. The number of amides is 1. The van der Waals surface area contributed by atoms with E-state index in [0.29, 0.717) is 42.4 Å². The molecule has 1 N–H and O–H groups in total. The van der Waals surface area contributed by atoms with Crippen LogP contribution in [0.1, 0.15) is 49.1 Å². The molecule has 0 aromatic heterocycles. The molecule has 13 heteroatoms. The van der Waals surface area contributed by atoms with E-state index < -0.39 is 27.8 Å². The summed E-state index contributed by atoms with van der Waals surface area (Å²) in [4.78, 5) is 15.5. The van der Waals surface area contributed by atoms with Gasteiger partial charge in [0, 0.05) is 6.54 Å². The smallest absolute Gasteiger partial charge is 0.410 e. The second-order valence-corrected chi connectivity index (χ2v) is 16.1. The van der Waals surface area contributed by atoms with Crippen molar-refractivity contribution in [3.05, 3.63) is 104 Å². The van der Waals surface area contributed by atoms with Gasteiger partial charge in [0.15, 0.2) is 0 Å². The largest absolute Gasteiger partial charge is 0.497 e. The van der Waals surface area contributed by atoms with Crippen LogP contribution in [0.25, 0.3) is 0 Å². The van der Waals surface area contributed by atoms with Crippen LogP contribution in [0.4, 0.5) is 10.5 Å². The molecule has 1 aliphatic heterocycles. The van der Waals surface area contributed by atoms with Crippen LogP contribution in [0, 0.1) is 0 Å². The molecule has 0 saturated heterocycles. The van der Waals surface area contributed by atoms with Gasteiger partial charge in [0.05, 0.1) is 46.9 Å². The van der Waals surface area contributed by atoms with Crippen molar-refractivity contribution >= 4 is 53.7 Å². The molecule has 1 heterocycles. The number of benzene rings is 4. The Bertz CT molecular complexity index is 1920. The molecule has 0 aliphatic carbocycles. The minimum atomic E-state index is -4.06. The van der Waals surface area contributed by atoms with E-state index >= 15 is 0 Å². The highest BCUT2D eigenvalue weighted by Crippen LogP contribution is 2.42. The van der Waals surface area contributed by atoms with Crippen molar-refractivity contribution in [3.63, 3.8) is 0 Å². The lowest BCUT2D eigenvalue weighted by Gasteiger charge is -2.39. The quantitative estimate of drug-likeness (QED) is 0.160. The number of halogens is 2. The van der Waals surface area contributed by atoms with Gasteiger partial charge in [0.25, 0.3) is 10.0 Å². The molecule has 0 radical (unpaired) electrons. The zero-order valence-corrected chi connectivity index (χ0v) is 32.7. The Hall–Kier alpha value is -3.94. The third-order valence-electron chi connectivity index (χ3n) is 8.09.